The Bertz CT molecular complexity index is 468. The number of hydrogen-bond donors (Lipinski definition) is 1. The van der Waals surface area contributed by atoms with Crippen LogP contribution in [0.25, 0.3) is 0 Å². The van der Waals surface area contributed by atoms with Crippen molar-refractivity contribution in [2.75, 3.05) is 6.61 Å². The van der Waals surface area contributed by atoms with Crippen molar-refractivity contribution < 1.29 is 9.47 Å². The lowest BCUT2D eigenvalue weighted by Crippen LogP contribution is -2.48. The van der Waals surface area contributed by atoms with Crippen LogP contribution in [0.2, 0.25) is 0 Å². The number of nitrogens with two attached hydrogens (primary N) is 1. The second-order valence-corrected chi connectivity index (χ2v) is 5.95. The van der Waals surface area contributed by atoms with Crippen LogP contribution in [0.4, 0.5) is 0 Å². The van der Waals surface area contributed by atoms with Crippen molar-refractivity contribution in [3.63, 3.8) is 0 Å². The van der Waals surface area contributed by atoms with Gasteiger partial charge >= 0.3 is 0 Å². The second kappa shape index (κ2) is 5.10. The van der Waals surface area contributed by atoms with Crippen LogP contribution in [0, 0.1) is 0 Å². The fourth-order valence-corrected chi connectivity index (χ4v) is 3.03. The van der Waals surface area contributed by atoms with Gasteiger partial charge in [0.25, 0.3) is 0 Å². The van der Waals surface area contributed by atoms with Crippen LogP contribution >= 0.6 is 12.2 Å². The molecule has 1 aliphatic heterocycles. The summed E-state index contributed by atoms with van der Waals surface area (Å²) in [5.74, 6) is 0.890. The van der Waals surface area contributed by atoms with Crippen molar-refractivity contribution >= 4 is 17.2 Å². The van der Waals surface area contributed by atoms with E-state index >= 15 is 0 Å². The van der Waals surface area contributed by atoms with Crippen molar-refractivity contribution in [1.82, 2.24) is 0 Å². The zero-order chi connectivity index (χ0) is 13.3. The highest BCUT2D eigenvalue weighted by atomic mass is 32.1. The Hall–Kier alpha value is -1.13. The molecule has 4 heteroatoms. The Morgan fingerprint density at radius 1 is 1.32 bits per heavy atom. The molecule has 2 aliphatic rings. The predicted octanol–water partition coefficient (Wildman–Crippen LogP) is 2.80. The maximum absolute atomic E-state index is 6.06. The fourth-order valence-electron chi connectivity index (χ4n) is 2.89. The van der Waals surface area contributed by atoms with Crippen molar-refractivity contribution in [2.45, 2.75) is 43.8 Å². The van der Waals surface area contributed by atoms with Gasteiger partial charge < -0.3 is 15.2 Å². The first kappa shape index (κ1) is 12.9. The Kier molecular flexibility index (Phi) is 3.46. The maximum Gasteiger partial charge on any atom is 0.119 e. The van der Waals surface area contributed by atoms with E-state index in [1.165, 1.54) is 19.3 Å². The normalized spacial score (nSPS) is 24.7. The van der Waals surface area contributed by atoms with Gasteiger partial charge in [0, 0.05) is 18.4 Å². The molecule has 0 bridgehead atoms. The topological polar surface area (TPSA) is 44.5 Å². The van der Waals surface area contributed by atoms with Crippen molar-refractivity contribution in [3.8, 4) is 5.75 Å². The number of ether oxygens (including phenoxy) is 2. The molecule has 2 N–H and O–H groups in total. The lowest BCUT2D eigenvalue weighted by atomic mass is 9.74. The molecular formula is C15H19NO2S. The van der Waals surface area contributed by atoms with Gasteiger partial charge in [-0.15, -0.1) is 0 Å². The standard InChI is InChI=1S/C15H19NO2S/c16-14(19)11-2-4-12(5-3-11)18-13-6-9-17-15(10-13)7-1-8-15/h2-5,13H,1,6-10H2,(H2,16,19). The van der Waals surface area contributed by atoms with Crippen LogP contribution in [-0.4, -0.2) is 23.3 Å². The van der Waals surface area contributed by atoms with Gasteiger partial charge in [-0.2, -0.15) is 0 Å². The minimum Gasteiger partial charge on any atom is -0.490 e. The van der Waals surface area contributed by atoms with E-state index in [4.69, 9.17) is 27.4 Å². The van der Waals surface area contributed by atoms with Crippen LogP contribution in [0.3, 0.4) is 0 Å². The first-order valence-corrected chi connectivity index (χ1v) is 7.28. The summed E-state index contributed by atoms with van der Waals surface area (Å²) >= 11 is 4.94. The van der Waals surface area contributed by atoms with Crippen molar-refractivity contribution in [3.05, 3.63) is 29.8 Å². The van der Waals surface area contributed by atoms with Gasteiger partial charge in [-0.05, 0) is 43.5 Å². The number of rotatable bonds is 3. The third-order valence-corrected chi connectivity index (χ3v) is 4.39. The van der Waals surface area contributed by atoms with Gasteiger partial charge in [0.15, 0.2) is 0 Å². The molecule has 1 heterocycles. The summed E-state index contributed by atoms with van der Waals surface area (Å²) in [6, 6.07) is 7.71. The Morgan fingerprint density at radius 2 is 2.05 bits per heavy atom. The molecular weight excluding hydrogens is 258 g/mol. The molecule has 102 valence electrons. The summed E-state index contributed by atoms with van der Waals surface area (Å²) in [6.07, 6.45) is 5.92. The van der Waals surface area contributed by atoms with E-state index in [0.717, 1.165) is 30.8 Å². The van der Waals surface area contributed by atoms with E-state index in [9.17, 15) is 0 Å². The molecule has 1 saturated heterocycles. The molecule has 1 spiro atoms. The zero-order valence-electron chi connectivity index (χ0n) is 10.9. The Labute approximate surface area is 119 Å². The summed E-state index contributed by atoms with van der Waals surface area (Å²) < 4.78 is 12.0. The largest absolute Gasteiger partial charge is 0.490 e. The molecule has 0 amide bonds. The van der Waals surface area contributed by atoms with Crippen molar-refractivity contribution in [1.29, 1.82) is 0 Å². The summed E-state index contributed by atoms with van der Waals surface area (Å²) in [5, 5.41) is 0. The highest BCUT2D eigenvalue weighted by Crippen LogP contribution is 2.43. The molecule has 1 aromatic rings. The van der Waals surface area contributed by atoms with Gasteiger partial charge in [-0.1, -0.05) is 12.2 Å². The average Bonchev–Trinajstić information content (AvgIpc) is 2.38. The number of benzene rings is 1. The molecule has 2 fully saturated rings. The molecule has 19 heavy (non-hydrogen) atoms. The Morgan fingerprint density at radius 3 is 2.63 bits per heavy atom. The molecule has 3 nitrogen and oxygen atoms in total. The van der Waals surface area contributed by atoms with Crippen LogP contribution in [-0.2, 0) is 4.74 Å². The number of thiocarbonyl (C=S) groups is 1. The van der Waals surface area contributed by atoms with Crippen LogP contribution < -0.4 is 10.5 Å². The second-order valence-electron chi connectivity index (χ2n) is 5.51. The third kappa shape index (κ3) is 2.74. The van der Waals surface area contributed by atoms with Gasteiger partial charge in [0.05, 0.1) is 12.2 Å². The molecule has 3 rings (SSSR count). The van der Waals surface area contributed by atoms with E-state index in [-0.39, 0.29) is 11.7 Å². The van der Waals surface area contributed by atoms with E-state index in [1.54, 1.807) is 0 Å². The summed E-state index contributed by atoms with van der Waals surface area (Å²) in [4.78, 5) is 0.422. The minimum atomic E-state index is 0.127. The lowest BCUT2D eigenvalue weighted by molar-refractivity contribution is -0.153. The van der Waals surface area contributed by atoms with Gasteiger partial charge in [0.1, 0.15) is 16.8 Å². The molecule has 1 saturated carbocycles. The van der Waals surface area contributed by atoms with Crippen LogP contribution in [0.1, 0.15) is 37.7 Å². The van der Waals surface area contributed by atoms with Gasteiger partial charge in [-0.25, -0.2) is 0 Å². The van der Waals surface area contributed by atoms with Crippen LogP contribution in [0.5, 0.6) is 5.75 Å². The van der Waals surface area contributed by atoms with Gasteiger partial charge in [-0.3, -0.25) is 0 Å². The summed E-state index contributed by atoms with van der Waals surface area (Å²) in [6.45, 7) is 0.815. The SMILES string of the molecule is NC(=S)c1ccc(OC2CCOC3(CCC3)C2)cc1. The first-order valence-electron chi connectivity index (χ1n) is 6.87. The van der Waals surface area contributed by atoms with Crippen molar-refractivity contribution in [2.24, 2.45) is 5.73 Å². The molecule has 1 aromatic carbocycles. The fraction of sp³-hybridized carbons (Fsp3) is 0.533. The van der Waals surface area contributed by atoms with Crippen LogP contribution in [0.15, 0.2) is 24.3 Å². The third-order valence-electron chi connectivity index (χ3n) is 4.15. The zero-order valence-corrected chi connectivity index (χ0v) is 11.7. The summed E-state index contributed by atoms with van der Waals surface area (Å²) in [5.41, 5.74) is 6.59. The quantitative estimate of drug-likeness (QED) is 0.863. The Balaban J connectivity index is 1.62. The monoisotopic (exact) mass is 277 g/mol. The van der Waals surface area contributed by atoms with E-state index < -0.39 is 0 Å². The molecule has 0 radical (unpaired) electrons. The average molecular weight is 277 g/mol. The van der Waals surface area contributed by atoms with E-state index in [1.807, 2.05) is 24.3 Å². The van der Waals surface area contributed by atoms with Gasteiger partial charge in [0.2, 0.25) is 0 Å². The highest BCUT2D eigenvalue weighted by Gasteiger charge is 2.43. The predicted molar refractivity (Wildman–Crippen MR) is 78.5 cm³/mol. The van der Waals surface area contributed by atoms with E-state index in [2.05, 4.69) is 0 Å². The number of hydrogen-bond acceptors (Lipinski definition) is 3. The molecule has 1 atom stereocenters. The molecule has 0 aromatic heterocycles. The molecule has 1 unspecified atom stereocenters. The maximum atomic E-state index is 6.06. The molecule has 1 aliphatic carbocycles. The first-order chi connectivity index (χ1) is 9.17. The van der Waals surface area contributed by atoms with E-state index in [0.29, 0.717) is 4.99 Å². The highest BCUT2D eigenvalue weighted by molar-refractivity contribution is 7.80. The smallest absolute Gasteiger partial charge is 0.119 e. The lowest BCUT2D eigenvalue weighted by Gasteiger charge is -2.46. The minimum absolute atomic E-state index is 0.127. The summed E-state index contributed by atoms with van der Waals surface area (Å²) in [7, 11) is 0.